The molecule has 1 aliphatic rings. The molecule has 1 aliphatic heterocycles. The number of benzene rings is 1. The van der Waals surface area contributed by atoms with Gasteiger partial charge in [-0.2, -0.15) is 0 Å². The summed E-state index contributed by atoms with van der Waals surface area (Å²) in [5.74, 6) is -1.19. The predicted octanol–water partition coefficient (Wildman–Crippen LogP) is 2.13. The first-order valence-corrected chi connectivity index (χ1v) is 9.44. The van der Waals surface area contributed by atoms with Gasteiger partial charge in [0.15, 0.2) is 5.75 Å². The number of nitrogens with zero attached hydrogens (tertiary/aromatic N) is 2. The van der Waals surface area contributed by atoms with Crippen molar-refractivity contribution in [2.45, 2.75) is 20.4 Å². The van der Waals surface area contributed by atoms with Gasteiger partial charge in [-0.05, 0) is 24.3 Å². The Labute approximate surface area is 175 Å². The molecule has 0 aliphatic carbocycles. The predicted molar refractivity (Wildman–Crippen MR) is 111 cm³/mol. The van der Waals surface area contributed by atoms with Crippen LogP contribution in [0.25, 0.3) is 0 Å². The molecule has 0 radical (unpaired) electrons. The van der Waals surface area contributed by atoms with Gasteiger partial charge in [-0.3, -0.25) is 19.3 Å². The largest absolute Gasteiger partial charge is 0.505 e. The molecule has 0 bridgehead atoms. The number of amides is 3. The van der Waals surface area contributed by atoms with Crippen molar-refractivity contribution in [2.24, 2.45) is 0 Å². The number of para-hydroxylation sites is 1. The molecular weight excluding hydrogens is 388 g/mol. The summed E-state index contributed by atoms with van der Waals surface area (Å²) in [4.78, 5) is 39.4. The average molecular weight is 414 g/mol. The van der Waals surface area contributed by atoms with E-state index >= 15 is 0 Å². The van der Waals surface area contributed by atoms with Crippen molar-refractivity contribution < 1.29 is 23.9 Å². The van der Waals surface area contributed by atoms with Crippen molar-refractivity contribution in [3.8, 4) is 5.75 Å². The maximum atomic E-state index is 12.5. The van der Waals surface area contributed by atoms with Crippen molar-refractivity contribution in [2.75, 3.05) is 26.5 Å². The number of carbonyl (C=O) groups excluding carboxylic acids is 3. The number of anilines is 1. The quantitative estimate of drug-likeness (QED) is 0.490. The van der Waals surface area contributed by atoms with Crippen molar-refractivity contribution in [1.29, 1.82) is 0 Å². The van der Waals surface area contributed by atoms with E-state index in [1.165, 1.54) is 30.3 Å². The Hall–Kier alpha value is -3.75. The molecule has 3 amide bonds. The lowest BCUT2D eigenvalue weighted by Crippen LogP contribution is -2.29. The van der Waals surface area contributed by atoms with Gasteiger partial charge in [0, 0.05) is 21.1 Å². The number of likely N-dealkylation sites (N-methyl/N-ethyl adjacent to an activating group) is 1. The monoisotopic (exact) mass is 414 g/mol. The van der Waals surface area contributed by atoms with Crippen molar-refractivity contribution in [1.82, 2.24) is 15.1 Å². The van der Waals surface area contributed by atoms with Crippen LogP contribution >= 0.6 is 0 Å². The van der Waals surface area contributed by atoms with E-state index in [4.69, 9.17) is 4.42 Å². The zero-order chi connectivity index (χ0) is 22.4. The zero-order valence-electron chi connectivity index (χ0n) is 17.6. The van der Waals surface area contributed by atoms with Crippen LogP contribution in [0.15, 0.2) is 52.4 Å². The maximum absolute atomic E-state index is 12.5. The number of hydrogen-bond acceptors (Lipinski definition) is 7. The van der Waals surface area contributed by atoms with Crippen LogP contribution in [-0.2, 0) is 16.1 Å². The lowest BCUT2D eigenvalue weighted by atomic mass is 10.1. The van der Waals surface area contributed by atoms with Gasteiger partial charge in [-0.1, -0.05) is 19.9 Å². The number of aromatic hydroxyl groups is 1. The van der Waals surface area contributed by atoms with Crippen molar-refractivity contribution >= 4 is 23.4 Å². The van der Waals surface area contributed by atoms with Gasteiger partial charge < -0.3 is 25.1 Å². The lowest BCUT2D eigenvalue weighted by molar-refractivity contribution is -0.136. The van der Waals surface area contributed by atoms with Crippen LogP contribution in [0.3, 0.4) is 0 Å². The highest BCUT2D eigenvalue weighted by molar-refractivity contribution is 6.20. The van der Waals surface area contributed by atoms with E-state index < -0.39 is 17.7 Å². The number of phenols is 1. The third kappa shape index (κ3) is 4.45. The van der Waals surface area contributed by atoms with Crippen LogP contribution in [0.1, 0.15) is 30.0 Å². The smallest absolute Gasteiger partial charge is 0.279 e. The van der Waals surface area contributed by atoms with Gasteiger partial charge in [0.25, 0.3) is 17.7 Å². The molecule has 0 fully saturated rings. The van der Waals surface area contributed by atoms with Gasteiger partial charge in [0.05, 0.1) is 24.1 Å². The fraction of sp³-hybridized carbons (Fsp3) is 0.286. The third-order valence-corrected chi connectivity index (χ3v) is 4.24. The summed E-state index contributed by atoms with van der Waals surface area (Å²) in [6.07, 6.45) is 1.50. The Bertz CT molecular complexity index is 964. The highest BCUT2D eigenvalue weighted by Crippen LogP contribution is 2.31. The first kappa shape index (κ1) is 22.5. The molecule has 3 N–H and O–H groups in total. The maximum Gasteiger partial charge on any atom is 0.279 e. The molecule has 0 spiro atoms. The summed E-state index contributed by atoms with van der Waals surface area (Å²) in [5, 5.41) is 16.2. The van der Waals surface area contributed by atoms with Gasteiger partial charge in [-0.15, -0.1) is 0 Å². The van der Waals surface area contributed by atoms with Crippen LogP contribution in [0.4, 0.5) is 5.69 Å². The van der Waals surface area contributed by atoms with E-state index in [1.54, 1.807) is 32.3 Å². The molecule has 2 aromatic rings. The highest BCUT2D eigenvalue weighted by Gasteiger charge is 2.36. The summed E-state index contributed by atoms with van der Waals surface area (Å²) < 4.78 is 5.22. The topological polar surface area (TPSA) is 115 Å². The second-order valence-corrected chi connectivity index (χ2v) is 6.38. The average Bonchev–Trinajstić information content (AvgIpc) is 3.33. The Kier molecular flexibility index (Phi) is 7.24. The highest BCUT2D eigenvalue weighted by atomic mass is 16.3. The Morgan fingerprint density at radius 3 is 2.37 bits per heavy atom. The van der Waals surface area contributed by atoms with Crippen LogP contribution in [0, 0.1) is 0 Å². The minimum Gasteiger partial charge on any atom is -0.505 e. The molecule has 1 aromatic carbocycles. The first-order chi connectivity index (χ1) is 14.3. The summed E-state index contributed by atoms with van der Waals surface area (Å²) in [5.41, 5.74) is 0.235. The minimum absolute atomic E-state index is 0.0243. The number of phenolic OH excluding ortho intramolecular Hbond substituents is 1. The molecule has 9 heteroatoms. The van der Waals surface area contributed by atoms with Crippen LogP contribution in [-0.4, -0.2) is 53.8 Å². The SMILES string of the molecule is CC.CN(C)C(=O)c1cccc(NC2=C(NCc3ccco3)C(=O)N(C)C2=O)c1O. The number of nitrogens with one attached hydrogen (secondary N) is 2. The standard InChI is InChI=1S/C19H20N4O5.C2H6/c1-22(2)17(25)12-7-4-8-13(16(12)24)21-15-14(18(26)23(3)19(15)27)20-10-11-6-5-9-28-11;1-2/h4-9,20-21,24H,10H2,1-3H3;1-2H3. The fourth-order valence-corrected chi connectivity index (χ4v) is 2.70. The van der Waals surface area contributed by atoms with Crippen LogP contribution < -0.4 is 10.6 Å². The molecule has 9 nitrogen and oxygen atoms in total. The molecule has 0 saturated heterocycles. The Morgan fingerprint density at radius 2 is 1.77 bits per heavy atom. The Morgan fingerprint density at radius 1 is 1.10 bits per heavy atom. The number of carbonyl (C=O) groups is 3. The number of hydrogen-bond donors (Lipinski definition) is 3. The molecule has 0 saturated carbocycles. The molecule has 160 valence electrons. The second-order valence-electron chi connectivity index (χ2n) is 6.38. The third-order valence-electron chi connectivity index (χ3n) is 4.24. The number of imide groups is 1. The van der Waals surface area contributed by atoms with Gasteiger partial charge >= 0.3 is 0 Å². The van der Waals surface area contributed by atoms with E-state index in [0.717, 1.165) is 4.90 Å². The van der Waals surface area contributed by atoms with Crippen LogP contribution in [0.5, 0.6) is 5.75 Å². The molecule has 30 heavy (non-hydrogen) atoms. The van der Waals surface area contributed by atoms with E-state index in [1.807, 2.05) is 13.8 Å². The lowest BCUT2D eigenvalue weighted by Gasteiger charge is -2.15. The molecular formula is C21H26N4O5. The number of rotatable bonds is 6. The summed E-state index contributed by atoms with van der Waals surface area (Å²) >= 11 is 0. The fourth-order valence-electron chi connectivity index (χ4n) is 2.70. The van der Waals surface area contributed by atoms with Crippen molar-refractivity contribution in [3.05, 3.63) is 59.3 Å². The normalized spacial score (nSPS) is 13.2. The van der Waals surface area contributed by atoms with Gasteiger partial charge in [-0.25, -0.2) is 0 Å². The number of furan rings is 1. The molecule has 0 atom stereocenters. The first-order valence-electron chi connectivity index (χ1n) is 9.44. The second kappa shape index (κ2) is 9.64. The summed E-state index contributed by atoms with van der Waals surface area (Å²) in [6, 6.07) is 7.99. The van der Waals surface area contributed by atoms with E-state index in [9.17, 15) is 19.5 Å². The van der Waals surface area contributed by atoms with Crippen molar-refractivity contribution in [3.63, 3.8) is 0 Å². The zero-order valence-corrected chi connectivity index (χ0v) is 17.6. The molecule has 1 aromatic heterocycles. The van der Waals surface area contributed by atoms with E-state index in [0.29, 0.717) is 5.76 Å². The molecule has 0 unspecified atom stereocenters. The van der Waals surface area contributed by atoms with Crippen LogP contribution in [0.2, 0.25) is 0 Å². The molecule has 3 rings (SSSR count). The minimum atomic E-state index is -0.560. The summed E-state index contributed by atoms with van der Waals surface area (Å²) in [7, 11) is 4.49. The van der Waals surface area contributed by atoms with E-state index in [2.05, 4.69) is 10.6 Å². The van der Waals surface area contributed by atoms with Gasteiger partial charge in [0.1, 0.15) is 17.2 Å². The van der Waals surface area contributed by atoms with E-state index in [-0.39, 0.29) is 34.9 Å². The van der Waals surface area contributed by atoms with Gasteiger partial charge in [0.2, 0.25) is 0 Å². The Balaban J connectivity index is 0.00000155. The molecule has 2 heterocycles. The summed E-state index contributed by atoms with van der Waals surface area (Å²) in [6.45, 7) is 4.20.